The molecule has 100 valence electrons. The Kier molecular flexibility index (Phi) is 6.00. The van der Waals surface area contributed by atoms with E-state index in [2.05, 4.69) is 10.2 Å². The number of anilines is 1. The Balaban J connectivity index is 2.44. The van der Waals surface area contributed by atoms with Crippen LogP contribution in [0.15, 0.2) is 24.3 Å². The molecule has 0 fully saturated rings. The van der Waals surface area contributed by atoms with Gasteiger partial charge in [-0.15, -0.1) is 0 Å². The molecule has 0 aromatic heterocycles. The molecule has 0 heterocycles. The van der Waals surface area contributed by atoms with Crippen molar-refractivity contribution in [3.05, 3.63) is 29.8 Å². The summed E-state index contributed by atoms with van der Waals surface area (Å²) in [5, 5.41) is 10.8. The first kappa shape index (κ1) is 14.3. The third-order valence-electron chi connectivity index (χ3n) is 2.70. The minimum atomic E-state index is -0.981. The van der Waals surface area contributed by atoms with Gasteiger partial charge in [-0.3, -0.25) is 0 Å². The molecule has 0 aliphatic carbocycles. The average Bonchev–Trinajstić information content (AvgIpc) is 2.36. The number of likely N-dealkylation sites (N-methyl/N-ethyl adjacent to an activating group) is 1. The number of ether oxygens (including phenoxy) is 1. The van der Waals surface area contributed by atoms with Crippen LogP contribution in [0.25, 0.3) is 0 Å². The third kappa shape index (κ3) is 5.05. The molecule has 0 aliphatic rings. The van der Waals surface area contributed by atoms with Crippen LogP contribution in [-0.2, 0) is 11.2 Å². The van der Waals surface area contributed by atoms with Gasteiger partial charge in [0, 0.05) is 32.9 Å². The Morgan fingerprint density at radius 1 is 1.39 bits per heavy atom. The van der Waals surface area contributed by atoms with Gasteiger partial charge in [0.2, 0.25) is 0 Å². The summed E-state index contributed by atoms with van der Waals surface area (Å²) in [4.78, 5) is 12.4. The van der Waals surface area contributed by atoms with E-state index < -0.39 is 6.09 Å². The fourth-order valence-corrected chi connectivity index (χ4v) is 1.59. The van der Waals surface area contributed by atoms with Gasteiger partial charge in [-0.25, -0.2) is 4.79 Å². The van der Waals surface area contributed by atoms with Crippen LogP contribution < -0.4 is 10.2 Å². The summed E-state index contributed by atoms with van der Waals surface area (Å²) < 4.78 is 5.03. The number of benzene rings is 1. The van der Waals surface area contributed by atoms with Crippen molar-refractivity contribution in [1.82, 2.24) is 5.32 Å². The molecule has 18 heavy (non-hydrogen) atoms. The predicted octanol–water partition coefficient (Wildman–Crippen LogP) is 1.58. The van der Waals surface area contributed by atoms with Crippen LogP contribution in [-0.4, -0.2) is 45.1 Å². The van der Waals surface area contributed by atoms with E-state index in [4.69, 9.17) is 9.84 Å². The molecule has 0 saturated heterocycles. The molecule has 0 atom stereocenters. The largest absolute Gasteiger partial charge is 0.465 e. The Morgan fingerprint density at radius 3 is 2.61 bits per heavy atom. The maximum Gasteiger partial charge on any atom is 0.404 e. The molecule has 1 amide bonds. The Hall–Kier alpha value is -1.75. The van der Waals surface area contributed by atoms with Gasteiger partial charge in [0.1, 0.15) is 0 Å². The van der Waals surface area contributed by atoms with Crippen molar-refractivity contribution in [2.45, 2.75) is 6.42 Å². The molecular weight excluding hydrogens is 232 g/mol. The summed E-state index contributed by atoms with van der Waals surface area (Å²) in [6.45, 7) is 1.98. The second-order valence-corrected chi connectivity index (χ2v) is 4.06. The highest BCUT2D eigenvalue weighted by Crippen LogP contribution is 2.13. The molecule has 0 saturated carbocycles. The number of nitrogens with one attached hydrogen (secondary N) is 1. The van der Waals surface area contributed by atoms with Crippen molar-refractivity contribution in [1.29, 1.82) is 0 Å². The molecule has 0 bridgehead atoms. The number of carboxylic acid groups (broad SMARTS) is 1. The van der Waals surface area contributed by atoms with Crippen molar-refractivity contribution in [3.63, 3.8) is 0 Å². The minimum absolute atomic E-state index is 0.439. The van der Waals surface area contributed by atoms with Crippen LogP contribution >= 0.6 is 0 Å². The lowest BCUT2D eigenvalue weighted by molar-refractivity contribution is 0.194. The molecule has 0 radical (unpaired) electrons. The highest BCUT2D eigenvalue weighted by atomic mass is 16.5. The van der Waals surface area contributed by atoms with E-state index in [1.165, 1.54) is 0 Å². The molecule has 1 aromatic carbocycles. The zero-order valence-electron chi connectivity index (χ0n) is 10.8. The Labute approximate surface area is 107 Å². The van der Waals surface area contributed by atoms with Crippen LogP contribution in [0.5, 0.6) is 0 Å². The third-order valence-corrected chi connectivity index (χ3v) is 2.70. The molecule has 0 aliphatic heterocycles. The topological polar surface area (TPSA) is 61.8 Å². The summed E-state index contributed by atoms with van der Waals surface area (Å²) in [5.74, 6) is 0. The molecule has 2 N–H and O–H groups in total. The molecular formula is C13H20N2O3. The zero-order chi connectivity index (χ0) is 13.4. The van der Waals surface area contributed by atoms with E-state index in [9.17, 15) is 4.79 Å². The number of carbonyl (C=O) groups is 1. The SMILES string of the molecule is COCCN(C)c1ccc(CCNC(=O)O)cc1. The standard InChI is InChI=1S/C13H20N2O3/c1-15(9-10-18-2)12-5-3-11(4-6-12)7-8-14-13(16)17/h3-6,14H,7-10H2,1-2H3,(H,16,17). The van der Waals surface area contributed by atoms with Gasteiger partial charge in [-0.05, 0) is 24.1 Å². The number of nitrogens with zero attached hydrogens (tertiary/aromatic N) is 1. The highest BCUT2D eigenvalue weighted by molar-refractivity contribution is 5.64. The van der Waals surface area contributed by atoms with Crippen molar-refractivity contribution < 1.29 is 14.6 Å². The van der Waals surface area contributed by atoms with Crippen molar-refractivity contribution >= 4 is 11.8 Å². The van der Waals surface area contributed by atoms with Gasteiger partial charge < -0.3 is 20.1 Å². The lowest BCUT2D eigenvalue weighted by Crippen LogP contribution is -2.23. The van der Waals surface area contributed by atoms with E-state index in [-0.39, 0.29) is 0 Å². The fraction of sp³-hybridized carbons (Fsp3) is 0.462. The number of rotatable bonds is 7. The van der Waals surface area contributed by atoms with Crippen molar-refractivity contribution in [3.8, 4) is 0 Å². The smallest absolute Gasteiger partial charge is 0.404 e. The molecule has 0 unspecified atom stereocenters. The van der Waals surface area contributed by atoms with Gasteiger partial charge in [0.05, 0.1) is 6.61 Å². The van der Waals surface area contributed by atoms with Gasteiger partial charge in [0.25, 0.3) is 0 Å². The number of methoxy groups -OCH3 is 1. The van der Waals surface area contributed by atoms with Crippen LogP contribution in [0.3, 0.4) is 0 Å². The van der Waals surface area contributed by atoms with Crippen molar-refractivity contribution in [2.75, 3.05) is 38.8 Å². The molecule has 1 aromatic rings. The van der Waals surface area contributed by atoms with Gasteiger partial charge in [-0.2, -0.15) is 0 Å². The van der Waals surface area contributed by atoms with Crippen LogP contribution in [0.2, 0.25) is 0 Å². The van der Waals surface area contributed by atoms with E-state index in [1.807, 2.05) is 31.3 Å². The first-order valence-corrected chi connectivity index (χ1v) is 5.89. The monoisotopic (exact) mass is 252 g/mol. The predicted molar refractivity (Wildman–Crippen MR) is 71.3 cm³/mol. The lowest BCUT2D eigenvalue weighted by Gasteiger charge is -2.19. The Bertz CT molecular complexity index is 365. The first-order valence-electron chi connectivity index (χ1n) is 5.89. The second kappa shape index (κ2) is 7.55. The van der Waals surface area contributed by atoms with Gasteiger partial charge >= 0.3 is 6.09 Å². The average molecular weight is 252 g/mol. The van der Waals surface area contributed by atoms with Gasteiger partial charge in [-0.1, -0.05) is 12.1 Å². The summed E-state index contributed by atoms with van der Waals surface area (Å²) >= 11 is 0. The highest BCUT2D eigenvalue weighted by Gasteiger charge is 2.01. The van der Waals surface area contributed by atoms with E-state index in [1.54, 1.807) is 7.11 Å². The summed E-state index contributed by atoms with van der Waals surface area (Å²) in [5.41, 5.74) is 2.25. The normalized spacial score (nSPS) is 10.1. The molecule has 1 rings (SSSR count). The van der Waals surface area contributed by atoms with Crippen LogP contribution in [0.1, 0.15) is 5.56 Å². The number of hydrogen-bond donors (Lipinski definition) is 2. The molecule has 5 heteroatoms. The summed E-state index contributed by atoms with van der Waals surface area (Å²) in [6.07, 6.45) is -0.278. The zero-order valence-corrected chi connectivity index (χ0v) is 10.8. The van der Waals surface area contributed by atoms with E-state index in [0.29, 0.717) is 19.6 Å². The summed E-state index contributed by atoms with van der Waals surface area (Å²) in [7, 11) is 3.70. The van der Waals surface area contributed by atoms with Crippen LogP contribution in [0, 0.1) is 0 Å². The van der Waals surface area contributed by atoms with Crippen LogP contribution in [0.4, 0.5) is 10.5 Å². The molecule has 0 spiro atoms. The second-order valence-electron chi connectivity index (χ2n) is 4.06. The van der Waals surface area contributed by atoms with E-state index in [0.717, 1.165) is 17.8 Å². The molecule has 5 nitrogen and oxygen atoms in total. The van der Waals surface area contributed by atoms with E-state index >= 15 is 0 Å². The maximum atomic E-state index is 10.3. The summed E-state index contributed by atoms with van der Waals surface area (Å²) in [6, 6.07) is 8.10. The maximum absolute atomic E-state index is 10.3. The van der Waals surface area contributed by atoms with Crippen molar-refractivity contribution in [2.24, 2.45) is 0 Å². The number of amides is 1. The fourth-order valence-electron chi connectivity index (χ4n) is 1.59. The number of hydrogen-bond acceptors (Lipinski definition) is 3. The quantitative estimate of drug-likeness (QED) is 0.773. The lowest BCUT2D eigenvalue weighted by atomic mass is 10.1. The Morgan fingerprint density at radius 2 is 2.06 bits per heavy atom. The minimum Gasteiger partial charge on any atom is -0.465 e. The van der Waals surface area contributed by atoms with Gasteiger partial charge in [0.15, 0.2) is 0 Å². The first-order chi connectivity index (χ1) is 8.63.